The van der Waals surface area contributed by atoms with Crippen molar-refractivity contribution in [3.63, 3.8) is 0 Å². The highest BCUT2D eigenvalue weighted by atomic mass is 16.6. The fourth-order valence-corrected chi connectivity index (χ4v) is 2.01. The standard InChI is InChI=1S/C11H12N6O2/c18-17(19)10-5-4-7(11-13-15-16-14-11)6-9(10)12-8-2-1-3-8/h4-6,8,12H,1-3H2,(H,13,14,15,16). The Morgan fingerprint density at radius 1 is 1.42 bits per heavy atom. The van der Waals surface area contributed by atoms with Crippen LogP contribution in [-0.2, 0) is 0 Å². The SMILES string of the molecule is O=[N+]([O-])c1ccc(-c2nn[nH]n2)cc1NC1CCC1. The Labute approximate surface area is 108 Å². The lowest BCUT2D eigenvalue weighted by molar-refractivity contribution is -0.384. The predicted molar refractivity (Wildman–Crippen MR) is 67.5 cm³/mol. The van der Waals surface area contributed by atoms with E-state index in [1.807, 2.05) is 0 Å². The van der Waals surface area contributed by atoms with Crippen molar-refractivity contribution in [2.45, 2.75) is 25.3 Å². The Balaban J connectivity index is 1.96. The molecule has 0 unspecified atom stereocenters. The van der Waals surface area contributed by atoms with Gasteiger partial charge in [0.2, 0.25) is 5.82 Å². The van der Waals surface area contributed by atoms with Gasteiger partial charge in [-0.15, -0.1) is 10.2 Å². The molecule has 1 fully saturated rings. The quantitative estimate of drug-likeness (QED) is 0.640. The molecule has 98 valence electrons. The normalized spacial score (nSPS) is 14.9. The number of hydrogen-bond acceptors (Lipinski definition) is 6. The minimum absolute atomic E-state index is 0.0687. The lowest BCUT2D eigenvalue weighted by Crippen LogP contribution is -2.27. The molecule has 2 N–H and O–H groups in total. The maximum Gasteiger partial charge on any atom is 0.292 e. The molecule has 1 saturated carbocycles. The van der Waals surface area contributed by atoms with Crippen molar-refractivity contribution < 1.29 is 4.92 Å². The second-order valence-corrected chi connectivity index (χ2v) is 4.50. The van der Waals surface area contributed by atoms with Crippen molar-refractivity contribution >= 4 is 11.4 Å². The first kappa shape index (κ1) is 11.6. The minimum atomic E-state index is -0.388. The maximum absolute atomic E-state index is 11.0. The summed E-state index contributed by atoms with van der Waals surface area (Å²) in [5.74, 6) is 0.423. The molecule has 0 amide bonds. The summed E-state index contributed by atoms with van der Waals surface area (Å²) >= 11 is 0. The number of hydrogen-bond donors (Lipinski definition) is 2. The molecular weight excluding hydrogens is 248 g/mol. The van der Waals surface area contributed by atoms with Crippen LogP contribution in [0.5, 0.6) is 0 Å². The third-order valence-electron chi connectivity index (χ3n) is 3.26. The highest BCUT2D eigenvalue weighted by molar-refractivity contribution is 5.71. The van der Waals surface area contributed by atoms with Crippen LogP contribution in [0.1, 0.15) is 19.3 Å². The van der Waals surface area contributed by atoms with Crippen LogP contribution >= 0.6 is 0 Å². The molecule has 0 aliphatic heterocycles. The van der Waals surface area contributed by atoms with E-state index in [0.29, 0.717) is 23.1 Å². The first-order valence-electron chi connectivity index (χ1n) is 6.03. The molecule has 8 heteroatoms. The molecule has 1 aromatic heterocycles. The van der Waals surface area contributed by atoms with E-state index < -0.39 is 0 Å². The molecule has 0 saturated heterocycles. The van der Waals surface area contributed by atoms with E-state index >= 15 is 0 Å². The van der Waals surface area contributed by atoms with Crippen molar-refractivity contribution in [3.8, 4) is 11.4 Å². The molecule has 1 aromatic carbocycles. The Bertz CT molecular complexity index is 593. The van der Waals surface area contributed by atoms with Gasteiger partial charge in [0.25, 0.3) is 5.69 Å². The molecule has 19 heavy (non-hydrogen) atoms. The first-order valence-corrected chi connectivity index (χ1v) is 6.03. The Hall–Kier alpha value is -2.51. The molecule has 2 aromatic rings. The highest BCUT2D eigenvalue weighted by Crippen LogP contribution is 2.32. The van der Waals surface area contributed by atoms with E-state index in [1.54, 1.807) is 12.1 Å². The zero-order valence-corrected chi connectivity index (χ0v) is 10.0. The Kier molecular flexibility index (Phi) is 2.82. The van der Waals surface area contributed by atoms with Gasteiger partial charge in [0.05, 0.1) is 4.92 Å². The van der Waals surface area contributed by atoms with Crippen molar-refractivity contribution in [2.24, 2.45) is 0 Å². The number of anilines is 1. The summed E-state index contributed by atoms with van der Waals surface area (Å²) < 4.78 is 0. The zero-order chi connectivity index (χ0) is 13.2. The maximum atomic E-state index is 11.0. The van der Waals surface area contributed by atoms with Crippen LogP contribution in [0.2, 0.25) is 0 Å². The van der Waals surface area contributed by atoms with Crippen LogP contribution in [-0.4, -0.2) is 31.6 Å². The summed E-state index contributed by atoms with van der Waals surface area (Å²) in [7, 11) is 0. The fourth-order valence-electron chi connectivity index (χ4n) is 2.01. The van der Waals surface area contributed by atoms with E-state index in [9.17, 15) is 10.1 Å². The molecule has 0 atom stereocenters. The van der Waals surface area contributed by atoms with Crippen LogP contribution < -0.4 is 5.32 Å². The van der Waals surface area contributed by atoms with Crippen LogP contribution in [0.15, 0.2) is 18.2 Å². The largest absolute Gasteiger partial charge is 0.377 e. The Morgan fingerprint density at radius 2 is 2.26 bits per heavy atom. The predicted octanol–water partition coefficient (Wildman–Crippen LogP) is 1.74. The number of nitrogens with one attached hydrogen (secondary N) is 2. The number of H-pyrrole nitrogens is 1. The number of tetrazole rings is 1. The fraction of sp³-hybridized carbons (Fsp3) is 0.364. The van der Waals surface area contributed by atoms with Crippen LogP contribution in [0.25, 0.3) is 11.4 Å². The van der Waals surface area contributed by atoms with E-state index in [0.717, 1.165) is 19.3 Å². The van der Waals surface area contributed by atoms with Crippen LogP contribution in [0.4, 0.5) is 11.4 Å². The molecule has 1 aliphatic rings. The average molecular weight is 260 g/mol. The second-order valence-electron chi connectivity index (χ2n) is 4.50. The van der Waals surface area contributed by atoms with Gasteiger partial charge in [-0.25, -0.2) is 0 Å². The van der Waals surface area contributed by atoms with E-state index in [4.69, 9.17) is 0 Å². The number of nitro groups is 1. The number of nitro benzene ring substituents is 1. The zero-order valence-electron chi connectivity index (χ0n) is 10.0. The van der Waals surface area contributed by atoms with Crippen molar-refractivity contribution in [1.82, 2.24) is 20.6 Å². The van der Waals surface area contributed by atoms with Crippen molar-refractivity contribution in [2.75, 3.05) is 5.32 Å². The van der Waals surface area contributed by atoms with E-state index in [1.165, 1.54) is 6.07 Å². The van der Waals surface area contributed by atoms with Gasteiger partial charge in [-0.3, -0.25) is 10.1 Å². The summed E-state index contributed by atoms with van der Waals surface area (Å²) in [6.07, 6.45) is 3.25. The van der Waals surface area contributed by atoms with Gasteiger partial charge >= 0.3 is 0 Å². The minimum Gasteiger partial charge on any atom is -0.377 e. The van der Waals surface area contributed by atoms with Crippen molar-refractivity contribution in [1.29, 1.82) is 0 Å². The average Bonchev–Trinajstić information content (AvgIpc) is 2.87. The van der Waals surface area contributed by atoms with Crippen LogP contribution in [0, 0.1) is 10.1 Å². The number of benzene rings is 1. The van der Waals surface area contributed by atoms with Gasteiger partial charge in [-0.2, -0.15) is 5.21 Å². The lowest BCUT2D eigenvalue weighted by Gasteiger charge is -2.27. The molecule has 0 radical (unpaired) electrons. The molecule has 8 nitrogen and oxygen atoms in total. The summed E-state index contributed by atoms with van der Waals surface area (Å²) in [4.78, 5) is 10.6. The Morgan fingerprint density at radius 3 is 2.84 bits per heavy atom. The van der Waals surface area contributed by atoms with Gasteiger partial charge in [-0.1, -0.05) is 0 Å². The van der Waals surface area contributed by atoms with Gasteiger partial charge in [-0.05, 0) is 36.6 Å². The topological polar surface area (TPSA) is 110 Å². The molecular formula is C11H12N6O2. The summed E-state index contributed by atoms with van der Waals surface area (Å²) in [6.45, 7) is 0. The van der Waals surface area contributed by atoms with E-state index in [2.05, 4.69) is 25.9 Å². The summed E-state index contributed by atoms with van der Waals surface area (Å²) in [5, 5.41) is 27.8. The lowest BCUT2D eigenvalue weighted by atomic mass is 9.93. The molecule has 0 bridgehead atoms. The molecule has 0 spiro atoms. The number of rotatable bonds is 4. The number of nitrogens with zero attached hydrogens (tertiary/aromatic N) is 4. The third kappa shape index (κ3) is 2.24. The van der Waals surface area contributed by atoms with Gasteiger partial charge in [0.1, 0.15) is 5.69 Å². The van der Waals surface area contributed by atoms with Gasteiger partial charge < -0.3 is 5.32 Å². The smallest absolute Gasteiger partial charge is 0.292 e. The second kappa shape index (κ2) is 4.63. The third-order valence-corrected chi connectivity index (χ3v) is 3.26. The summed E-state index contributed by atoms with van der Waals surface area (Å²) in [6, 6.07) is 5.10. The van der Waals surface area contributed by atoms with Gasteiger partial charge in [0, 0.05) is 17.7 Å². The molecule has 3 rings (SSSR count). The van der Waals surface area contributed by atoms with Crippen molar-refractivity contribution in [3.05, 3.63) is 28.3 Å². The summed E-state index contributed by atoms with van der Waals surface area (Å²) in [5.41, 5.74) is 1.28. The monoisotopic (exact) mass is 260 g/mol. The number of aromatic nitrogens is 4. The first-order chi connectivity index (χ1) is 9.24. The van der Waals surface area contributed by atoms with Gasteiger partial charge in [0.15, 0.2) is 0 Å². The van der Waals surface area contributed by atoms with Crippen LogP contribution in [0.3, 0.4) is 0 Å². The number of aromatic amines is 1. The highest BCUT2D eigenvalue weighted by Gasteiger charge is 2.22. The molecule has 1 heterocycles. The van der Waals surface area contributed by atoms with E-state index in [-0.39, 0.29) is 10.6 Å². The molecule has 1 aliphatic carbocycles.